The predicted molar refractivity (Wildman–Crippen MR) is 59.6 cm³/mol. The van der Waals surface area contributed by atoms with Gasteiger partial charge in [-0.15, -0.1) is 0 Å². The van der Waals surface area contributed by atoms with Crippen molar-refractivity contribution < 1.29 is 4.42 Å². The fraction of sp³-hybridized carbons (Fsp3) is 0.182. The zero-order valence-electron chi connectivity index (χ0n) is 8.28. The van der Waals surface area contributed by atoms with Crippen molar-refractivity contribution in [2.45, 2.75) is 13.6 Å². The summed E-state index contributed by atoms with van der Waals surface area (Å²) >= 11 is 0. The molecule has 0 amide bonds. The molecular weight excluding hydrogens is 175 g/mol. The highest BCUT2D eigenvalue weighted by atomic mass is 16.4. The van der Waals surface area contributed by atoms with E-state index in [2.05, 4.69) is 19.7 Å². The third-order valence-electron chi connectivity index (χ3n) is 2.31. The van der Waals surface area contributed by atoms with Crippen LogP contribution in [-0.2, 0) is 0 Å². The monoisotopic (exact) mass is 186 g/mol. The van der Waals surface area contributed by atoms with E-state index in [1.807, 2.05) is 12.1 Å². The third kappa shape index (κ3) is 1.58. The maximum Gasteiger partial charge on any atom is 0.336 e. The van der Waals surface area contributed by atoms with Gasteiger partial charge in [0.1, 0.15) is 5.58 Å². The number of benzene rings is 1. The Bertz CT molecular complexity index is 514. The first-order chi connectivity index (χ1) is 6.66. The van der Waals surface area contributed by atoms with Crippen molar-refractivity contribution in [2.24, 2.45) is 0 Å². The lowest BCUT2D eigenvalue weighted by Crippen LogP contribution is -2.21. The van der Waals surface area contributed by atoms with Crippen LogP contribution in [0.2, 0.25) is 13.6 Å². The molecule has 0 atom stereocenters. The minimum Gasteiger partial charge on any atom is -0.423 e. The minimum absolute atomic E-state index is 0.293. The molecule has 0 aliphatic rings. The normalized spacial score (nSPS) is 10.4. The molecule has 0 saturated carbocycles. The molecule has 1 aromatic heterocycles. The Kier molecular flexibility index (Phi) is 2.16. The first-order valence-electron chi connectivity index (χ1n) is 4.70. The summed E-state index contributed by atoms with van der Waals surface area (Å²) in [6, 6.07) is 9.20. The van der Waals surface area contributed by atoms with E-state index in [1.54, 1.807) is 6.07 Å². The largest absolute Gasteiger partial charge is 0.423 e. The van der Waals surface area contributed by atoms with E-state index in [1.165, 1.54) is 11.5 Å². The SMILES string of the molecule is CB(C)c1ccc2ccc(=O)oc2c1. The molecule has 0 unspecified atom stereocenters. The maximum atomic E-state index is 11.0. The van der Waals surface area contributed by atoms with Gasteiger partial charge in [-0.05, 0) is 12.1 Å². The van der Waals surface area contributed by atoms with E-state index in [4.69, 9.17) is 4.42 Å². The van der Waals surface area contributed by atoms with Crippen molar-refractivity contribution in [3.8, 4) is 0 Å². The summed E-state index contributed by atoms with van der Waals surface area (Å²) in [6.07, 6.45) is 0. The summed E-state index contributed by atoms with van der Waals surface area (Å²) in [7, 11) is 0. The summed E-state index contributed by atoms with van der Waals surface area (Å²) in [5.74, 6) is 0. The van der Waals surface area contributed by atoms with E-state index >= 15 is 0 Å². The second kappa shape index (κ2) is 3.33. The summed E-state index contributed by atoms with van der Waals surface area (Å²) in [5.41, 5.74) is 1.56. The molecule has 0 aliphatic carbocycles. The first-order valence-corrected chi connectivity index (χ1v) is 4.70. The second-order valence-corrected chi connectivity index (χ2v) is 3.71. The van der Waals surface area contributed by atoms with Crippen LogP contribution in [0.3, 0.4) is 0 Å². The van der Waals surface area contributed by atoms with Crippen LogP contribution in [0.15, 0.2) is 39.5 Å². The Balaban J connectivity index is 2.69. The van der Waals surface area contributed by atoms with E-state index in [-0.39, 0.29) is 5.63 Å². The van der Waals surface area contributed by atoms with Gasteiger partial charge in [0.2, 0.25) is 0 Å². The number of fused-ring (bicyclic) bond motifs is 1. The van der Waals surface area contributed by atoms with Crippen LogP contribution in [-0.4, -0.2) is 6.71 Å². The van der Waals surface area contributed by atoms with E-state index < -0.39 is 0 Å². The smallest absolute Gasteiger partial charge is 0.336 e. The quantitative estimate of drug-likeness (QED) is 0.501. The molecule has 0 N–H and O–H groups in total. The molecule has 0 fully saturated rings. The summed E-state index contributed by atoms with van der Waals surface area (Å²) < 4.78 is 5.10. The molecule has 0 aliphatic heterocycles. The van der Waals surface area contributed by atoms with Gasteiger partial charge in [0.05, 0.1) is 0 Å². The average Bonchev–Trinajstić information content (AvgIpc) is 2.16. The van der Waals surface area contributed by atoms with Gasteiger partial charge >= 0.3 is 5.63 Å². The Morgan fingerprint density at radius 2 is 1.86 bits per heavy atom. The summed E-state index contributed by atoms with van der Waals surface area (Å²) in [4.78, 5) is 11.0. The Morgan fingerprint density at radius 3 is 2.57 bits per heavy atom. The zero-order valence-corrected chi connectivity index (χ0v) is 8.28. The lowest BCUT2D eigenvalue weighted by Gasteiger charge is -2.02. The van der Waals surface area contributed by atoms with Crippen LogP contribution in [0.5, 0.6) is 0 Å². The molecule has 14 heavy (non-hydrogen) atoms. The molecule has 1 aromatic carbocycles. The zero-order chi connectivity index (χ0) is 10.1. The van der Waals surface area contributed by atoms with Gasteiger partial charge in [0.25, 0.3) is 0 Å². The van der Waals surface area contributed by atoms with Crippen molar-refractivity contribution in [1.29, 1.82) is 0 Å². The van der Waals surface area contributed by atoms with Gasteiger partial charge in [-0.1, -0.05) is 31.2 Å². The minimum atomic E-state index is -0.293. The molecule has 2 rings (SSSR count). The number of hydrogen-bond donors (Lipinski definition) is 0. The fourth-order valence-electron chi connectivity index (χ4n) is 1.44. The molecule has 0 saturated heterocycles. The van der Waals surface area contributed by atoms with Gasteiger partial charge in [0, 0.05) is 11.5 Å². The van der Waals surface area contributed by atoms with Gasteiger partial charge in [-0.25, -0.2) is 4.79 Å². The highest BCUT2D eigenvalue weighted by molar-refractivity contribution is 6.70. The lowest BCUT2D eigenvalue weighted by molar-refractivity contribution is 0.561. The van der Waals surface area contributed by atoms with Crippen molar-refractivity contribution in [3.63, 3.8) is 0 Å². The topological polar surface area (TPSA) is 30.2 Å². The lowest BCUT2D eigenvalue weighted by atomic mass is 9.49. The third-order valence-corrected chi connectivity index (χ3v) is 2.31. The summed E-state index contributed by atoms with van der Waals surface area (Å²) in [6.45, 7) is 4.68. The Morgan fingerprint density at radius 1 is 1.14 bits per heavy atom. The van der Waals surface area contributed by atoms with Gasteiger partial charge < -0.3 is 4.42 Å². The number of hydrogen-bond acceptors (Lipinski definition) is 2. The highest BCUT2D eigenvalue weighted by Crippen LogP contribution is 2.09. The molecule has 1 heterocycles. The standard InChI is InChI=1S/C11H11BO2/c1-12(2)9-5-3-8-4-6-11(13)14-10(8)7-9/h3-7H,1-2H3. The van der Waals surface area contributed by atoms with Crippen molar-refractivity contribution in [3.05, 3.63) is 40.8 Å². The Hall–Kier alpha value is -1.51. The highest BCUT2D eigenvalue weighted by Gasteiger charge is 2.04. The fourth-order valence-corrected chi connectivity index (χ4v) is 1.44. The summed E-state index contributed by atoms with van der Waals surface area (Å²) in [5, 5.41) is 0.967. The molecular formula is C11H11BO2. The van der Waals surface area contributed by atoms with Gasteiger partial charge in [-0.2, -0.15) is 0 Å². The molecule has 0 spiro atoms. The molecule has 3 heteroatoms. The van der Waals surface area contributed by atoms with E-state index in [0.29, 0.717) is 12.3 Å². The second-order valence-electron chi connectivity index (χ2n) is 3.71. The van der Waals surface area contributed by atoms with E-state index in [0.717, 1.165) is 5.39 Å². The van der Waals surface area contributed by atoms with Crippen molar-refractivity contribution in [1.82, 2.24) is 0 Å². The molecule has 2 aromatic rings. The Labute approximate surface area is 82.6 Å². The van der Waals surface area contributed by atoms with Crippen molar-refractivity contribution >= 4 is 23.1 Å². The molecule has 0 radical (unpaired) electrons. The number of rotatable bonds is 1. The van der Waals surface area contributed by atoms with Crippen LogP contribution < -0.4 is 11.1 Å². The maximum absolute atomic E-state index is 11.0. The molecule has 0 bridgehead atoms. The van der Waals surface area contributed by atoms with Crippen LogP contribution in [0.1, 0.15) is 0 Å². The van der Waals surface area contributed by atoms with Gasteiger partial charge in [0.15, 0.2) is 6.71 Å². The van der Waals surface area contributed by atoms with Gasteiger partial charge in [-0.3, -0.25) is 0 Å². The molecule has 2 nitrogen and oxygen atoms in total. The van der Waals surface area contributed by atoms with Crippen molar-refractivity contribution in [2.75, 3.05) is 0 Å². The van der Waals surface area contributed by atoms with Crippen LogP contribution in [0, 0.1) is 0 Å². The van der Waals surface area contributed by atoms with E-state index in [9.17, 15) is 4.79 Å². The molecule has 70 valence electrons. The average molecular weight is 186 g/mol. The van der Waals surface area contributed by atoms with Crippen LogP contribution in [0.25, 0.3) is 11.0 Å². The first kappa shape index (κ1) is 9.07. The van der Waals surface area contributed by atoms with Crippen LogP contribution in [0.4, 0.5) is 0 Å². The predicted octanol–water partition coefficient (Wildman–Crippen LogP) is 1.75. The van der Waals surface area contributed by atoms with Crippen LogP contribution >= 0.6 is 0 Å².